The van der Waals surface area contributed by atoms with Gasteiger partial charge in [-0.2, -0.15) is 0 Å². The maximum atomic E-state index is 13.4. The van der Waals surface area contributed by atoms with Gasteiger partial charge in [-0.15, -0.1) is 0 Å². The molecule has 0 saturated carbocycles. The molecule has 3 N–H and O–H groups in total. The van der Waals surface area contributed by atoms with Crippen LogP contribution in [0.5, 0.6) is 11.5 Å². The van der Waals surface area contributed by atoms with Crippen LogP contribution in [-0.2, 0) is 19.1 Å². The molecule has 2 aromatic rings. The summed E-state index contributed by atoms with van der Waals surface area (Å²) in [6, 6.07) is 11.0. The number of primary amides is 1. The van der Waals surface area contributed by atoms with Crippen LogP contribution >= 0.6 is 0 Å². The minimum absolute atomic E-state index is 0.00985. The van der Waals surface area contributed by atoms with E-state index >= 15 is 0 Å². The second-order valence-electron chi connectivity index (χ2n) is 9.35. The van der Waals surface area contributed by atoms with Crippen molar-refractivity contribution in [3.05, 3.63) is 77.4 Å². The number of amides is 2. The maximum absolute atomic E-state index is 13.4. The van der Waals surface area contributed by atoms with E-state index in [0.717, 1.165) is 13.1 Å². The van der Waals surface area contributed by atoms with E-state index in [2.05, 4.69) is 11.5 Å². The number of carbonyl (C=O) groups excluding carboxylic acids is 3. The number of carbonyl (C=O) groups is 3. The quantitative estimate of drug-likeness (QED) is 0.194. The summed E-state index contributed by atoms with van der Waals surface area (Å²) in [5.41, 5.74) is 6.90. The van der Waals surface area contributed by atoms with Gasteiger partial charge in [-0.1, -0.05) is 24.8 Å². The molecule has 0 spiro atoms. The van der Waals surface area contributed by atoms with E-state index in [4.69, 9.17) is 19.9 Å². The molecule has 4 rings (SSSR count). The predicted molar refractivity (Wildman–Crippen MR) is 144 cm³/mol. The highest BCUT2D eigenvalue weighted by Gasteiger charge is 2.46. The van der Waals surface area contributed by atoms with Gasteiger partial charge in [0.1, 0.15) is 23.9 Å². The number of likely N-dealkylation sites (tertiary alicyclic amines) is 1. The van der Waals surface area contributed by atoms with Crippen LogP contribution in [0.15, 0.2) is 60.7 Å². The summed E-state index contributed by atoms with van der Waals surface area (Å²) in [6.45, 7) is 9.04. The first-order valence-corrected chi connectivity index (χ1v) is 12.7. The Morgan fingerprint density at radius 3 is 2.44 bits per heavy atom. The van der Waals surface area contributed by atoms with Crippen LogP contribution in [0, 0.1) is 6.92 Å². The number of aryl methyl sites for hydroxylation is 1. The van der Waals surface area contributed by atoms with Crippen LogP contribution < -0.4 is 15.2 Å². The fourth-order valence-electron chi connectivity index (χ4n) is 4.72. The Morgan fingerprint density at radius 1 is 1.10 bits per heavy atom. The van der Waals surface area contributed by atoms with Crippen molar-refractivity contribution in [2.75, 3.05) is 52.6 Å². The average Bonchev–Trinajstić information content (AvgIpc) is 3.19. The molecule has 2 fully saturated rings. The molecule has 2 amide bonds. The molecule has 0 aromatic heterocycles. The van der Waals surface area contributed by atoms with Gasteiger partial charge in [0.25, 0.3) is 17.6 Å². The van der Waals surface area contributed by atoms with Gasteiger partial charge in [0.2, 0.25) is 0 Å². The monoisotopic (exact) mass is 535 g/mol. The zero-order valence-electron chi connectivity index (χ0n) is 21.9. The van der Waals surface area contributed by atoms with E-state index in [1.54, 1.807) is 55.5 Å². The number of hydrogen-bond acceptors (Lipinski definition) is 8. The molecule has 39 heavy (non-hydrogen) atoms. The van der Waals surface area contributed by atoms with E-state index in [-0.39, 0.29) is 17.9 Å². The summed E-state index contributed by atoms with van der Waals surface area (Å²) < 4.78 is 16.4. The normalized spacial score (nSPS) is 19.2. The van der Waals surface area contributed by atoms with E-state index in [1.807, 2.05) is 0 Å². The summed E-state index contributed by atoms with van der Waals surface area (Å²) in [7, 11) is 0. The minimum atomic E-state index is -0.813. The van der Waals surface area contributed by atoms with E-state index in [0.29, 0.717) is 61.1 Å². The highest BCUT2D eigenvalue weighted by molar-refractivity contribution is 6.46. The number of benzene rings is 2. The van der Waals surface area contributed by atoms with Gasteiger partial charge in [-0.3, -0.25) is 19.3 Å². The average molecular weight is 536 g/mol. The molecule has 2 aliphatic rings. The fourth-order valence-corrected chi connectivity index (χ4v) is 4.72. The predicted octanol–water partition coefficient (Wildman–Crippen LogP) is 2.18. The molecule has 0 radical (unpaired) electrons. The molecule has 0 aliphatic carbocycles. The number of aliphatic hydroxyl groups excluding tert-OH is 1. The van der Waals surface area contributed by atoms with Crippen molar-refractivity contribution in [3.63, 3.8) is 0 Å². The second-order valence-corrected chi connectivity index (χ2v) is 9.35. The third kappa shape index (κ3) is 6.47. The molecule has 10 nitrogen and oxygen atoms in total. The second kappa shape index (κ2) is 12.6. The Hall–Kier alpha value is -4.15. The lowest BCUT2D eigenvalue weighted by Gasteiger charge is -2.31. The lowest BCUT2D eigenvalue weighted by molar-refractivity contribution is -0.140. The van der Waals surface area contributed by atoms with Gasteiger partial charge < -0.3 is 30.0 Å². The van der Waals surface area contributed by atoms with E-state index in [1.165, 1.54) is 4.90 Å². The van der Waals surface area contributed by atoms with Gasteiger partial charge in [-0.25, -0.2) is 0 Å². The first kappa shape index (κ1) is 27.9. The zero-order chi connectivity index (χ0) is 27.9. The fraction of sp³-hybridized carbons (Fsp3) is 0.345. The molecule has 1 atom stereocenters. The minimum Gasteiger partial charge on any atom is -0.507 e. The van der Waals surface area contributed by atoms with Crippen molar-refractivity contribution in [1.29, 1.82) is 0 Å². The largest absolute Gasteiger partial charge is 0.507 e. The van der Waals surface area contributed by atoms with Crippen LogP contribution in [-0.4, -0.2) is 85.1 Å². The SMILES string of the molecule is C=CCOc1ccc(/C(O)=C2\C(=O)C(=O)N(CCN3CCOCC3)C2c2ccc(OCC(N)=O)cc2)c(C)c1. The summed E-state index contributed by atoms with van der Waals surface area (Å²) in [5, 5.41) is 11.4. The summed E-state index contributed by atoms with van der Waals surface area (Å²) in [5.74, 6) is -1.28. The lowest BCUT2D eigenvalue weighted by atomic mass is 9.94. The number of nitrogens with zero attached hydrogens (tertiary/aromatic N) is 2. The van der Waals surface area contributed by atoms with E-state index < -0.39 is 23.6 Å². The smallest absolute Gasteiger partial charge is 0.295 e. The summed E-state index contributed by atoms with van der Waals surface area (Å²) in [4.78, 5) is 41.4. The Labute approximate surface area is 227 Å². The van der Waals surface area contributed by atoms with Crippen molar-refractivity contribution in [1.82, 2.24) is 9.80 Å². The molecule has 1 unspecified atom stereocenters. The van der Waals surface area contributed by atoms with Crippen LogP contribution in [0.4, 0.5) is 0 Å². The van der Waals surface area contributed by atoms with Gasteiger partial charge in [0.05, 0.1) is 24.8 Å². The molecule has 2 saturated heterocycles. The number of aliphatic hydroxyl groups is 1. The lowest BCUT2D eigenvalue weighted by Crippen LogP contribution is -2.42. The van der Waals surface area contributed by atoms with Crippen LogP contribution in [0.25, 0.3) is 5.76 Å². The van der Waals surface area contributed by atoms with Crippen LogP contribution in [0.3, 0.4) is 0 Å². The zero-order valence-corrected chi connectivity index (χ0v) is 21.9. The van der Waals surface area contributed by atoms with Crippen molar-refractivity contribution in [2.24, 2.45) is 5.73 Å². The van der Waals surface area contributed by atoms with Crippen molar-refractivity contribution < 1.29 is 33.7 Å². The first-order valence-electron chi connectivity index (χ1n) is 12.7. The number of morpholine rings is 1. The molecule has 2 aromatic carbocycles. The number of Topliss-reactive ketones (excluding diaryl/α,β-unsaturated/α-hetero) is 1. The molecule has 2 heterocycles. The molecular weight excluding hydrogens is 502 g/mol. The Morgan fingerprint density at radius 2 is 1.79 bits per heavy atom. The Kier molecular flexibility index (Phi) is 9.00. The van der Waals surface area contributed by atoms with Crippen LogP contribution in [0.2, 0.25) is 0 Å². The molecule has 10 heteroatoms. The topological polar surface area (TPSA) is 132 Å². The highest BCUT2D eigenvalue weighted by atomic mass is 16.5. The molecule has 206 valence electrons. The number of ketones is 1. The van der Waals surface area contributed by atoms with Crippen molar-refractivity contribution >= 4 is 23.4 Å². The Bertz CT molecular complexity index is 1270. The van der Waals surface area contributed by atoms with Gasteiger partial charge >= 0.3 is 0 Å². The molecule has 2 aliphatic heterocycles. The highest BCUT2D eigenvalue weighted by Crippen LogP contribution is 2.40. The van der Waals surface area contributed by atoms with E-state index in [9.17, 15) is 19.5 Å². The summed E-state index contributed by atoms with van der Waals surface area (Å²) in [6.07, 6.45) is 1.63. The maximum Gasteiger partial charge on any atom is 0.295 e. The van der Waals surface area contributed by atoms with Gasteiger partial charge in [0, 0.05) is 31.7 Å². The van der Waals surface area contributed by atoms with Gasteiger partial charge in [0.15, 0.2) is 6.61 Å². The first-order chi connectivity index (χ1) is 18.8. The molecular formula is C29H33N3O7. The summed E-state index contributed by atoms with van der Waals surface area (Å²) >= 11 is 0. The number of hydrogen-bond donors (Lipinski definition) is 2. The third-order valence-electron chi connectivity index (χ3n) is 6.70. The number of ether oxygens (including phenoxy) is 3. The van der Waals surface area contributed by atoms with Crippen molar-refractivity contribution in [3.8, 4) is 11.5 Å². The number of rotatable bonds is 11. The molecule has 0 bridgehead atoms. The van der Waals surface area contributed by atoms with Gasteiger partial charge in [-0.05, 0) is 48.4 Å². The Balaban J connectivity index is 1.71. The van der Waals surface area contributed by atoms with Crippen molar-refractivity contribution in [2.45, 2.75) is 13.0 Å². The number of nitrogens with two attached hydrogens (primary N) is 1. The van der Waals surface area contributed by atoms with Crippen LogP contribution in [0.1, 0.15) is 22.7 Å². The third-order valence-corrected chi connectivity index (χ3v) is 6.70. The standard InChI is InChI=1S/C29H33N3O7/c1-3-14-38-22-8-9-23(19(2)17-22)27(34)25-26(20-4-6-21(7-5-20)39-18-24(30)33)32(29(36)28(25)35)11-10-31-12-15-37-16-13-31/h3-9,17,26,34H,1,10-16,18H2,2H3,(H2,30,33)/b27-25+.